The Hall–Kier alpha value is -3.93. The number of rotatable bonds is 6. The van der Waals surface area contributed by atoms with Gasteiger partial charge in [0.15, 0.2) is 11.6 Å². The molecule has 5 rings (SSSR count). The molecule has 1 unspecified atom stereocenters. The maximum atomic E-state index is 14.7. The van der Waals surface area contributed by atoms with Crippen molar-refractivity contribution in [3.63, 3.8) is 0 Å². The van der Waals surface area contributed by atoms with Crippen molar-refractivity contribution in [1.82, 2.24) is 14.9 Å². The van der Waals surface area contributed by atoms with Crippen molar-refractivity contribution in [3.8, 4) is 28.4 Å². The Morgan fingerprint density at radius 3 is 2.58 bits per heavy atom. The van der Waals surface area contributed by atoms with Gasteiger partial charge in [0.2, 0.25) is 0 Å². The molecule has 3 aromatic carbocycles. The summed E-state index contributed by atoms with van der Waals surface area (Å²) in [4.78, 5) is 18.9. The smallest absolute Gasteiger partial charge is 0.270 e. The van der Waals surface area contributed by atoms with E-state index in [4.69, 9.17) is 9.72 Å². The SMILES string of the molecule is CCn1c(-c2ccccc2)nc(-c2ccc(OC)c(F)c2)c1C(=O)NC1CCCCc2ccccc21. The molecule has 0 fully saturated rings. The third kappa shape index (κ3) is 4.51. The number of aryl methyl sites for hydroxylation is 1. The summed E-state index contributed by atoms with van der Waals surface area (Å²) < 4.78 is 21.7. The van der Waals surface area contributed by atoms with Crippen LogP contribution in [0, 0.1) is 5.82 Å². The Balaban J connectivity index is 1.62. The number of amides is 1. The van der Waals surface area contributed by atoms with Gasteiger partial charge in [-0.2, -0.15) is 0 Å². The molecule has 1 heterocycles. The molecule has 0 saturated carbocycles. The van der Waals surface area contributed by atoms with Crippen LogP contribution in [0.5, 0.6) is 5.75 Å². The minimum absolute atomic E-state index is 0.0861. The van der Waals surface area contributed by atoms with Gasteiger partial charge in [0.05, 0.1) is 13.2 Å². The van der Waals surface area contributed by atoms with Crippen molar-refractivity contribution in [2.24, 2.45) is 0 Å². The van der Waals surface area contributed by atoms with Crippen molar-refractivity contribution >= 4 is 5.91 Å². The first kappa shape index (κ1) is 23.8. The van der Waals surface area contributed by atoms with Gasteiger partial charge in [-0.25, -0.2) is 9.37 Å². The van der Waals surface area contributed by atoms with E-state index in [9.17, 15) is 9.18 Å². The van der Waals surface area contributed by atoms with Crippen molar-refractivity contribution in [2.45, 2.75) is 45.2 Å². The summed E-state index contributed by atoms with van der Waals surface area (Å²) in [5.41, 5.74) is 4.77. The summed E-state index contributed by atoms with van der Waals surface area (Å²) in [6.45, 7) is 2.53. The average Bonchev–Trinajstić information content (AvgIpc) is 3.19. The molecule has 4 aromatic rings. The van der Waals surface area contributed by atoms with E-state index in [1.165, 1.54) is 24.3 Å². The van der Waals surface area contributed by atoms with Crippen molar-refractivity contribution in [3.05, 3.63) is 95.4 Å². The number of carbonyl (C=O) groups excluding carboxylic acids is 1. The molecule has 0 radical (unpaired) electrons. The number of methoxy groups -OCH3 is 1. The van der Waals surface area contributed by atoms with Crippen LogP contribution >= 0.6 is 0 Å². The van der Waals surface area contributed by atoms with Gasteiger partial charge >= 0.3 is 0 Å². The summed E-state index contributed by atoms with van der Waals surface area (Å²) in [6.07, 6.45) is 4.04. The van der Waals surface area contributed by atoms with Crippen LogP contribution in [0.4, 0.5) is 4.39 Å². The first-order valence-corrected chi connectivity index (χ1v) is 12.5. The zero-order valence-corrected chi connectivity index (χ0v) is 20.6. The molecule has 1 aromatic heterocycles. The Morgan fingerprint density at radius 2 is 1.83 bits per heavy atom. The predicted molar refractivity (Wildman–Crippen MR) is 139 cm³/mol. The Labute approximate surface area is 211 Å². The van der Waals surface area contributed by atoms with Crippen molar-refractivity contribution in [2.75, 3.05) is 7.11 Å². The van der Waals surface area contributed by atoms with Gasteiger partial charge in [-0.15, -0.1) is 0 Å². The molecule has 0 saturated heterocycles. The maximum Gasteiger partial charge on any atom is 0.270 e. The number of ether oxygens (including phenoxy) is 1. The highest BCUT2D eigenvalue weighted by Crippen LogP contribution is 2.34. The second kappa shape index (κ2) is 10.4. The van der Waals surface area contributed by atoms with Gasteiger partial charge in [0.25, 0.3) is 5.91 Å². The van der Waals surface area contributed by atoms with Crippen LogP contribution in [0.25, 0.3) is 22.6 Å². The fourth-order valence-corrected chi connectivity index (χ4v) is 5.11. The molecule has 0 spiro atoms. The van der Waals surface area contributed by atoms with E-state index in [-0.39, 0.29) is 17.7 Å². The third-order valence-corrected chi connectivity index (χ3v) is 6.88. The first-order valence-electron chi connectivity index (χ1n) is 12.5. The monoisotopic (exact) mass is 483 g/mol. The second-order valence-electron chi connectivity index (χ2n) is 9.06. The van der Waals surface area contributed by atoms with Gasteiger partial charge in [0, 0.05) is 17.7 Å². The van der Waals surface area contributed by atoms with Crippen LogP contribution < -0.4 is 10.1 Å². The van der Waals surface area contributed by atoms with Gasteiger partial charge in [0.1, 0.15) is 17.2 Å². The second-order valence-corrected chi connectivity index (χ2v) is 9.06. The van der Waals surface area contributed by atoms with Gasteiger partial charge in [-0.1, -0.05) is 61.0 Å². The number of nitrogens with zero attached hydrogens (tertiary/aromatic N) is 2. The number of halogens is 1. The molecule has 0 aliphatic heterocycles. The quantitative estimate of drug-likeness (QED) is 0.315. The predicted octanol–water partition coefficient (Wildman–Crippen LogP) is 6.58. The number of benzene rings is 3. The van der Waals surface area contributed by atoms with E-state index < -0.39 is 5.82 Å². The van der Waals surface area contributed by atoms with Gasteiger partial charge in [-0.3, -0.25) is 4.79 Å². The molecule has 0 bridgehead atoms. The largest absolute Gasteiger partial charge is 0.494 e. The number of hydrogen-bond acceptors (Lipinski definition) is 3. The highest BCUT2D eigenvalue weighted by molar-refractivity contribution is 6.00. The highest BCUT2D eigenvalue weighted by Gasteiger charge is 2.28. The van der Waals surface area contributed by atoms with E-state index >= 15 is 0 Å². The van der Waals surface area contributed by atoms with Crippen LogP contribution in [0.2, 0.25) is 0 Å². The topological polar surface area (TPSA) is 56.2 Å². The molecule has 1 amide bonds. The van der Waals surface area contributed by atoms with Gasteiger partial charge < -0.3 is 14.6 Å². The van der Waals surface area contributed by atoms with E-state index in [1.807, 2.05) is 47.9 Å². The lowest BCUT2D eigenvalue weighted by molar-refractivity contribution is 0.0926. The summed E-state index contributed by atoms with van der Waals surface area (Å²) in [5, 5.41) is 3.30. The Bertz CT molecular complexity index is 1380. The van der Waals surface area contributed by atoms with E-state index in [0.717, 1.165) is 31.2 Å². The van der Waals surface area contributed by atoms with Crippen molar-refractivity contribution in [1.29, 1.82) is 0 Å². The molecule has 5 nitrogen and oxygen atoms in total. The van der Waals surface area contributed by atoms with Crippen LogP contribution in [-0.4, -0.2) is 22.6 Å². The molecule has 6 heteroatoms. The fraction of sp³-hybridized carbons (Fsp3) is 0.267. The van der Waals surface area contributed by atoms with Crippen molar-refractivity contribution < 1.29 is 13.9 Å². The summed E-state index contributed by atoms with van der Waals surface area (Å²) in [7, 11) is 1.43. The fourth-order valence-electron chi connectivity index (χ4n) is 5.11. The van der Waals surface area contributed by atoms with E-state index in [1.54, 1.807) is 12.1 Å². The number of carbonyl (C=O) groups is 1. The lowest BCUT2D eigenvalue weighted by Crippen LogP contribution is -2.31. The molecule has 1 aliphatic carbocycles. The zero-order valence-electron chi connectivity index (χ0n) is 20.6. The lowest BCUT2D eigenvalue weighted by Gasteiger charge is -2.20. The van der Waals surface area contributed by atoms with Gasteiger partial charge in [-0.05, 0) is 55.5 Å². The number of fused-ring (bicyclic) bond motifs is 1. The standard InChI is InChI=1S/C30H30FN3O2/c1-3-34-28(30(35)32-25-16-10-8-12-20-11-7-9-15-23(20)25)27(22-17-18-26(36-2)24(31)19-22)33-29(34)21-13-5-4-6-14-21/h4-7,9,11,13-15,17-19,25H,3,8,10,12,16H2,1-2H3,(H,32,35). The Kier molecular flexibility index (Phi) is 6.85. The molecular formula is C30H30FN3O2. The summed E-state index contributed by atoms with van der Waals surface area (Å²) in [5.74, 6) is 0.125. The molecule has 1 aliphatic rings. The first-order chi connectivity index (χ1) is 17.6. The van der Waals surface area contributed by atoms with Crippen LogP contribution in [0.1, 0.15) is 53.8 Å². The lowest BCUT2D eigenvalue weighted by atomic mass is 9.99. The number of hydrogen-bond donors (Lipinski definition) is 1. The minimum atomic E-state index is -0.494. The van der Waals surface area contributed by atoms with Crippen LogP contribution in [0.3, 0.4) is 0 Å². The summed E-state index contributed by atoms with van der Waals surface area (Å²) in [6, 6.07) is 22.7. The molecule has 184 valence electrons. The normalized spacial score (nSPS) is 15.1. The molecule has 1 N–H and O–H groups in total. The van der Waals surface area contributed by atoms with Crippen LogP contribution in [-0.2, 0) is 13.0 Å². The minimum Gasteiger partial charge on any atom is -0.494 e. The number of nitrogens with one attached hydrogen (secondary N) is 1. The highest BCUT2D eigenvalue weighted by atomic mass is 19.1. The van der Waals surface area contributed by atoms with E-state index in [2.05, 4.69) is 23.5 Å². The molecular weight excluding hydrogens is 453 g/mol. The number of imidazole rings is 1. The van der Waals surface area contributed by atoms with E-state index in [0.29, 0.717) is 29.3 Å². The molecule has 36 heavy (non-hydrogen) atoms. The summed E-state index contributed by atoms with van der Waals surface area (Å²) >= 11 is 0. The molecule has 1 atom stereocenters. The maximum absolute atomic E-state index is 14.7. The average molecular weight is 484 g/mol. The number of aromatic nitrogens is 2. The Morgan fingerprint density at radius 1 is 1.06 bits per heavy atom. The third-order valence-electron chi connectivity index (χ3n) is 6.88. The van der Waals surface area contributed by atoms with Crippen LogP contribution in [0.15, 0.2) is 72.8 Å². The zero-order chi connectivity index (χ0) is 25.1.